The second kappa shape index (κ2) is 10.9. The van der Waals surface area contributed by atoms with Crippen LogP contribution in [0.4, 0.5) is 0 Å². The molecule has 118 valence electrons. The third-order valence-corrected chi connectivity index (χ3v) is 3.89. The molecule has 0 unspecified atom stereocenters. The van der Waals surface area contributed by atoms with Gasteiger partial charge in [-0.05, 0) is 30.5 Å². The Morgan fingerprint density at radius 1 is 0.958 bits per heavy atom. The molecule has 2 aromatic carbocycles. The molecule has 0 aliphatic carbocycles. The third kappa shape index (κ3) is 6.05. The average molecular weight is 309 g/mol. The molecule has 24 heavy (non-hydrogen) atoms. The number of aryl methyl sites for hydroxylation is 1. The SMILES string of the molecule is CCCCCCC#Cc1ccccc1C(=[N-])c1ccc(C)cc1.[Li+]. The molecular formula is C22H24LiN. The van der Waals surface area contributed by atoms with E-state index in [9.17, 15) is 5.41 Å². The van der Waals surface area contributed by atoms with E-state index in [1.807, 2.05) is 55.5 Å². The molecule has 2 rings (SSSR count). The summed E-state index contributed by atoms with van der Waals surface area (Å²) < 4.78 is 0. The molecule has 0 saturated heterocycles. The Labute approximate surface area is 158 Å². The minimum absolute atomic E-state index is 0. The van der Waals surface area contributed by atoms with Gasteiger partial charge < -0.3 is 5.41 Å². The van der Waals surface area contributed by atoms with Crippen molar-refractivity contribution in [1.29, 1.82) is 0 Å². The zero-order valence-electron chi connectivity index (χ0n) is 15.1. The fraction of sp³-hybridized carbons (Fsp3) is 0.318. The van der Waals surface area contributed by atoms with Crippen LogP contribution in [0.25, 0.3) is 5.41 Å². The monoisotopic (exact) mass is 309 g/mol. The zero-order valence-corrected chi connectivity index (χ0v) is 15.1. The first kappa shape index (κ1) is 20.3. The molecule has 0 aromatic heterocycles. The van der Waals surface area contributed by atoms with Gasteiger partial charge in [-0.3, -0.25) is 0 Å². The summed E-state index contributed by atoms with van der Waals surface area (Å²) in [7, 11) is 0. The van der Waals surface area contributed by atoms with Gasteiger partial charge in [-0.15, -0.1) is 5.71 Å². The minimum Gasteiger partial charge on any atom is -0.803 e. The van der Waals surface area contributed by atoms with Crippen LogP contribution in [0.2, 0.25) is 0 Å². The van der Waals surface area contributed by atoms with Crippen molar-refractivity contribution >= 4 is 5.71 Å². The number of hydrogen-bond donors (Lipinski definition) is 0. The Balaban J connectivity index is 0.00000288. The van der Waals surface area contributed by atoms with Crippen LogP contribution in [0.15, 0.2) is 48.5 Å². The van der Waals surface area contributed by atoms with Crippen molar-refractivity contribution in [2.45, 2.75) is 46.0 Å². The smallest absolute Gasteiger partial charge is 0.803 e. The van der Waals surface area contributed by atoms with Gasteiger partial charge in [-0.2, -0.15) is 0 Å². The van der Waals surface area contributed by atoms with Gasteiger partial charge >= 0.3 is 18.9 Å². The molecule has 0 aliphatic heterocycles. The molecule has 1 nitrogen and oxygen atoms in total. The zero-order chi connectivity index (χ0) is 16.5. The number of nitrogens with zero attached hydrogens (tertiary/aromatic N) is 1. The van der Waals surface area contributed by atoms with Crippen molar-refractivity contribution in [2.75, 3.05) is 0 Å². The number of hydrogen-bond acceptors (Lipinski definition) is 0. The van der Waals surface area contributed by atoms with Gasteiger partial charge in [0, 0.05) is 12.0 Å². The molecule has 2 aromatic rings. The molecule has 0 saturated carbocycles. The fourth-order valence-electron chi connectivity index (χ4n) is 2.46. The third-order valence-electron chi connectivity index (χ3n) is 3.89. The van der Waals surface area contributed by atoms with E-state index in [1.165, 1.54) is 24.8 Å². The van der Waals surface area contributed by atoms with Crippen LogP contribution in [0, 0.1) is 18.8 Å². The van der Waals surface area contributed by atoms with E-state index in [0.717, 1.165) is 29.5 Å². The largest absolute Gasteiger partial charge is 1.00 e. The minimum atomic E-state index is 0. The van der Waals surface area contributed by atoms with Gasteiger partial charge in [0.05, 0.1) is 0 Å². The Morgan fingerprint density at radius 3 is 2.38 bits per heavy atom. The van der Waals surface area contributed by atoms with Crippen molar-refractivity contribution in [3.05, 3.63) is 76.2 Å². The van der Waals surface area contributed by atoms with E-state index in [4.69, 9.17) is 0 Å². The average Bonchev–Trinajstić information content (AvgIpc) is 2.58. The summed E-state index contributed by atoms with van der Waals surface area (Å²) in [6.45, 7) is 4.25. The Bertz CT molecular complexity index is 705. The van der Waals surface area contributed by atoms with Crippen LogP contribution in [-0.4, -0.2) is 5.71 Å². The van der Waals surface area contributed by atoms with Crippen molar-refractivity contribution < 1.29 is 18.9 Å². The van der Waals surface area contributed by atoms with Crippen LogP contribution in [0.3, 0.4) is 0 Å². The molecule has 2 heteroatoms. The van der Waals surface area contributed by atoms with E-state index < -0.39 is 0 Å². The standard InChI is InChI=1S/C22H24N.Li/c1-3-4-5-6-7-8-11-19-12-9-10-13-21(19)22(23)20-16-14-18(2)15-17-20;/h9-10,12-17H,3-7H2,1-2H3;/q-1;+1. The van der Waals surface area contributed by atoms with Gasteiger partial charge in [0.25, 0.3) is 0 Å². The maximum atomic E-state index is 10.6. The number of benzene rings is 2. The van der Waals surface area contributed by atoms with Crippen LogP contribution in [0.5, 0.6) is 0 Å². The summed E-state index contributed by atoms with van der Waals surface area (Å²) in [4.78, 5) is 0. The Hall–Kier alpha value is -1.73. The van der Waals surface area contributed by atoms with Crippen LogP contribution in [-0.2, 0) is 0 Å². The van der Waals surface area contributed by atoms with Gasteiger partial charge in [0.1, 0.15) is 0 Å². The molecule has 0 spiro atoms. The van der Waals surface area contributed by atoms with Crippen molar-refractivity contribution in [3.8, 4) is 11.8 Å². The quantitative estimate of drug-likeness (QED) is 0.339. The van der Waals surface area contributed by atoms with Gasteiger partial charge in [0.15, 0.2) is 0 Å². The van der Waals surface area contributed by atoms with Gasteiger partial charge in [-0.1, -0.05) is 86.1 Å². The first-order valence-corrected chi connectivity index (χ1v) is 8.43. The second-order valence-electron chi connectivity index (χ2n) is 5.87. The molecule has 0 amide bonds. The predicted molar refractivity (Wildman–Crippen MR) is 99.8 cm³/mol. The molecule has 0 N–H and O–H groups in total. The van der Waals surface area contributed by atoms with Crippen LogP contribution in [0.1, 0.15) is 61.3 Å². The first-order chi connectivity index (χ1) is 11.2. The fourth-order valence-corrected chi connectivity index (χ4v) is 2.46. The normalized spacial score (nSPS) is 9.58. The van der Waals surface area contributed by atoms with Gasteiger partial charge in [-0.25, -0.2) is 0 Å². The van der Waals surface area contributed by atoms with Crippen LogP contribution < -0.4 is 18.9 Å². The summed E-state index contributed by atoms with van der Waals surface area (Å²) in [5, 5.41) is 10.6. The van der Waals surface area contributed by atoms with E-state index in [2.05, 4.69) is 18.8 Å². The number of unbranched alkanes of at least 4 members (excludes halogenated alkanes) is 4. The van der Waals surface area contributed by atoms with E-state index >= 15 is 0 Å². The molecule has 0 radical (unpaired) electrons. The maximum absolute atomic E-state index is 10.6. The topological polar surface area (TPSA) is 22.3 Å². The number of rotatable bonds is 6. The second-order valence-corrected chi connectivity index (χ2v) is 5.87. The molecular weight excluding hydrogens is 285 g/mol. The maximum Gasteiger partial charge on any atom is 1.00 e. The summed E-state index contributed by atoms with van der Waals surface area (Å²) in [6, 6.07) is 15.7. The summed E-state index contributed by atoms with van der Waals surface area (Å²) in [6.07, 6.45) is 5.83. The summed E-state index contributed by atoms with van der Waals surface area (Å²) >= 11 is 0. The molecule has 0 bridgehead atoms. The van der Waals surface area contributed by atoms with E-state index in [-0.39, 0.29) is 18.9 Å². The summed E-state index contributed by atoms with van der Waals surface area (Å²) in [5.41, 5.74) is 3.99. The van der Waals surface area contributed by atoms with Crippen LogP contribution >= 0.6 is 0 Å². The van der Waals surface area contributed by atoms with Crippen molar-refractivity contribution in [3.63, 3.8) is 0 Å². The van der Waals surface area contributed by atoms with E-state index in [0.29, 0.717) is 5.71 Å². The van der Waals surface area contributed by atoms with E-state index in [1.54, 1.807) is 0 Å². The van der Waals surface area contributed by atoms with Gasteiger partial charge in [0.2, 0.25) is 0 Å². The molecule has 0 fully saturated rings. The molecule has 0 atom stereocenters. The molecule has 0 heterocycles. The Morgan fingerprint density at radius 2 is 1.67 bits per heavy atom. The molecule has 0 aliphatic rings. The first-order valence-electron chi connectivity index (χ1n) is 8.43. The van der Waals surface area contributed by atoms with Crippen molar-refractivity contribution in [1.82, 2.24) is 0 Å². The Kier molecular flexibility index (Phi) is 9.25. The summed E-state index contributed by atoms with van der Waals surface area (Å²) in [5.74, 6) is 6.46. The predicted octanol–water partition coefficient (Wildman–Crippen LogP) is 2.73. The van der Waals surface area contributed by atoms with Crippen molar-refractivity contribution in [2.24, 2.45) is 0 Å².